The number of nitrogens with zero attached hydrogens (tertiary/aromatic N) is 1. The van der Waals surface area contributed by atoms with Crippen LogP contribution in [0.2, 0.25) is 0 Å². The molecule has 0 aliphatic carbocycles. The Balaban J connectivity index is 2.35. The SMILES string of the molecule is COc1ccccc1C1C(=O)CCCN1C(=O)OC(C)(C)C. The van der Waals surface area contributed by atoms with Crippen molar-refractivity contribution in [2.24, 2.45) is 0 Å². The summed E-state index contributed by atoms with van der Waals surface area (Å²) in [6.07, 6.45) is 0.655. The van der Waals surface area contributed by atoms with Crippen molar-refractivity contribution in [2.45, 2.75) is 45.3 Å². The molecule has 1 amide bonds. The monoisotopic (exact) mass is 305 g/mol. The lowest BCUT2D eigenvalue weighted by Gasteiger charge is -2.36. The molecule has 0 bridgehead atoms. The zero-order valence-corrected chi connectivity index (χ0v) is 13.6. The number of carbonyl (C=O) groups excluding carboxylic acids is 2. The van der Waals surface area contributed by atoms with Gasteiger partial charge in [0.25, 0.3) is 0 Å². The number of ketones is 1. The van der Waals surface area contributed by atoms with Gasteiger partial charge in [0.1, 0.15) is 17.4 Å². The van der Waals surface area contributed by atoms with Crippen LogP contribution in [0, 0.1) is 0 Å². The average Bonchev–Trinajstić information content (AvgIpc) is 2.45. The van der Waals surface area contributed by atoms with Crippen LogP contribution in [0.3, 0.4) is 0 Å². The van der Waals surface area contributed by atoms with E-state index in [1.54, 1.807) is 13.2 Å². The molecular formula is C17H23NO4. The van der Waals surface area contributed by atoms with Gasteiger partial charge in [-0.15, -0.1) is 0 Å². The van der Waals surface area contributed by atoms with E-state index in [1.165, 1.54) is 4.90 Å². The molecule has 1 fully saturated rings. The van der Waals surface area contributed by atoms with Crippen molar-refractivity contribution in [1.82, 2.24) is 4.90 Å². The number of benzene rings is 1. The van der Waals surface area contributed by atoms with Gasteiger partial charge in [-0.3, -0.25) is 9.69 Å². The number of hydrogen-bond donors (Lipinski definition) is 0. The first-order valence-corrected chi connectivity index (χ1v) is 7.49. The van der Waals surface area contributed by atoms with Crippen LogP contribution in [0.25, 0.3) is 0 Å². The molecule has 120 valence electrons. The summed E-state index contributed by atoms with van der Waals surface area (Å²) in [6.45, 7) is 5.95. The Kier molecular flexibility index (Phi) is 4.74. The predicted octanol–water partition coefficient (Wildman–Crippen LogP) is 3.34. The number of methoxy groups -OCH3 is 1. The summed E-state index contributed by atoms with van der Waals surface area (Å²) in [5.41, 5.74) is 0.115. The summed E-state index contributed by atoms with van der Waals surface area (Å²) in [4.78, 5) is 26.4. The van der Waals surface area contributed by atoms with Crippen LogP contribution in [0.4, 0.5) is 4.79 Å². The number of amides is 1. The van der Waals surface area contributed by atoms with E-state index < -0.39 is 17.7 Å². The number of ether oxygens (including phenoxy) is 2. The van der Waals surface area contributed by atoms with E-state index in [-0.39, 0.29) is 5.78 Å². The molecule has 1 saturated heterocycles. The van der Waals surface area contributed by atoms with Crippen LogP contribution < -0.4 is 4.74 Å². The summed E-state index contributed by atoms with van der Waals surface area (Å²) in [6, 6.07) is 6.66. The minimum Gasteiger partial charge on any atom is -0.496 e. The summed E-state index contributed by atoms with van der Waals surface area (Å²) in [7, 11) is 1.56. The van der Waals surface area contributed by atoms with Crippen LogP contribution in [0.1, 0.15) is 45.2 Å². The van der Waals surface area contributed by atoms with E-state index in [9.17, 15) is 9.59 Å². The van der Waals surface area contributed by atoms with Crippen LogP contribution in [-0.4, -0.2) is 36.0 Å². The van der Waals surface area contributed by atoms with Gasteiger partial charge in [-0.2, -0.15) is 0 Å². The quantitative estimate of drug-likeness (QED) is 0.841. The van der Waals surface area contributed by atoms with E-state index in [1.807, 2.05) is 39.0 Å². The highest BCUT2D eigenvalue weighted by Crippen LogP contribution is 2.34. The fraction of sp³-hybridized carbons (Fsp3) is 0.529. The Morgan fingerprint density at radius 2 is 1.95 bits per heavy atom. The topological polar surface area (TPSA) is 55.8 Å². The first-order chi connectivity index (χ1) is 10.3. The van der Waals surface area contributed by atoms with Crippen molar-refractivity contribution in [2.75, 3.05) is 13.7 Å². The van der Waals surface area contributed by atoms with Crippen LogP contribution in [0.15, 0.2) is 24.3 Å². The second-order valence-corrected chi connectivity index (χ2v) is 6.39. The molecule has 1 aromatic rings. The number of hydrogen-bond acceptors (Lipinski definition) is 4. The summed E-state index contributed by atoms with van der Waals surface area (Å²) in [5.74, 6) is 0.623. The zero-order chi connectivity index (χ0) is 16.3. The lowest BCUT2D eigenvalue weighted by molar-refractivity contribution is -0.127. The smallest absolute Gasteiger partial charge is 0.411 e. The van der Waals surface area contributed by atoms with Gasteiger partial charge in [-0.05, 0) is 33.3 Å². The van der Waals surface area contributed by atoms with Crippen molar-refractivity contribution >= 4 is 11.9 Å². The normalized spacial score (nSPS) is 19.0. The molecule has 22 heavy (non-hydrogen) atoms. The average molecular weight is 305 g/mol. The highest BCUT2D eigenvalue weighted by molar-refractivity contribution is 5.90. The van der Waals surface area contributed by atoms with Gasteiger partial charge in [-0.1, -0.05) is 18.2 Å². The third kappa shape index (κ3) is 3.59. The van der Waals surface area contributed by atoms with E-state index >= 15 is 0 Å². The van der Waals surface area contributed by atoms with Gasteiger partial charge in [0.15, 0.2) is 5.78 Å². The summed E-state index contributed by atoms with van der Waals surface area (Å²) < 4.78 is 10.8. The molecule has 1 atom stereocenters. The summed E-state index contributed by atoms with van der Waals surface area (Å²) in [5, 5.41) is 0. The number of likely N-dealkylation sites (tertiary alicyclic amines) is 1. The predicted molar refractivity (Wildman–Crippen MR) is 82.9 cm³/mol. The number of rotatable bonds is 2. The molecule has 0 saturated carbocycles. The van der Waals surface area contributed by atoms with E-state index in [4.69, 9.17) is 9.47 Å². The largest absolute Gasteiger partial charge is 0.496 e. The second-order valence-electron chi connectivity index (χ2n) is 6.39. The molecule has 1 unspecified atom stereocenters. The Hall–Kier alpha value is -2.04. The molecule has 5 heteroatoms. The molecule has 0 spiro atoms. The molecule has 2 rings (SSSR count). The third-order valence-corrected chi connectivity index (χ3v) is 3.50. The Morgan fingerprint density at radius 1 is 1.27 bits per heavy atom. The minimum absolute atomic E-state index is 0.0154. The molecule has 0 radical (unpaired) electrons. The highest BCUT2D eigenvalue weighted by atomic mass is 16.6. The van der Waals surface area contributed by atoms with E-state index in [0.29, 0.717) is 30.7 Å². The molecule has 0 N–H and O–H groups in total. The van der Waals surface area contributed by atoms with Crippen molar-refractivity contribution in [3.8, 4) is 5.75 Å². The molecule has 5 nitrogen and oxygen atoms in total. The Labute approximate surface area is 131 Å². The van der Waals surface area contributed by atoms with Crippen molar-refractivity contribution in [3.63, 3.8) is 0 Å². The van der Waals surface area contributed by atoms with Gasteiger partial charge >= 0.3 is 6.09 Å². The maximum absolute atomic E-state index is 12.5. The van der Waals surface area contributed by atoms with Gasteiger partial charge in [0.2, 0.25) is 0 Å². The van der Waals surface area contributed by atoms with Crippen LogP contribution in [0.5, 0.6) is 5.75 Å². The van der Waals surface area contributed by atoms with Gasteiger partial charge in [-0.25, -0.2) is 4.79 Å². The molecular weight excluding hydrogens is 282 g/mol. The first kappa shape index (κ1) is 16.3. The lowest BCUT2D eigenvalue weighted by Crippen LogP contribution is -2.45. The summed E-state index contributed by atoms with van der Waals surface area (Å²) >= 11 is 0. The van der Waals surface area contributed by atoms with Crippen molar-refractivity contribution in [3.05, 3.63) is 29.8 Å². The lowest BCUT2D eigenvalue weighted by atomic mass is 9.93. The van der Waals surface area contributed by atoms with E-state index in [2.05, 4.69) is 0 Å². The van der Waals surface area contributed by atoms with E-state index in [0.717, 1.165) is 0 Å². The number of Topliss-reactive ketones (excluding diaryl/α,β-unsaturated/α-hetero) is 1. The molecule has 1 heterocycles. The van der Waals surface area contributed by atoms with Gasteiger partial charge < -0.3 is 9.47 Å². The maximum Gasteiger partial charge on any atom is 0.411 e. The maximum atomic E-state index is 12.5. The molecule has 1 aliphatic rings. The van der Waals surface area contributed by atoms with Crippen molar-refractivity contribution in [1.29, 1.82) is 0 Å². The minimum atomic E-state index is -0.639. The van der Waals surface area contributed by atoms with Crippen molar-refractivity contribution < 1.29 is 19.1 Å². The Morgan fingerprint density at radius 3 is 2.59 bits per heavy atom. The number of piperidine rings is 1. The number of para-hydroxylation sites is 1. The van der Waals surface area contributed by atoms with Gasteiger partial charge in [0, 0.05) is 18.5 Å². The Bertz CT molecular complexity index is 562. The fourth-order valence-corrected chi connectivity index (χ4v) is 2.61. The standard InChI is InChI=1S/C17H23NO4/c1-17(2,3)22-16(20)18-11-7-9-13(19)15(18)12-8-5-6-10-14(12)21-4/h5-6,8,10,15H,7,9,11H2,1-4H3. The molecule has 0 aromatic heterocycles. The van der Waals surface area contributed by atoms with Crippen LogP contribution >= 0.6 is 0 Å². The van der Waals surface area contributed by atoms with Gasteiger partial charge in [0.05, 0.1) is 7.11 Å². The first-order valence-electron chi connectivity index (χ1n) is 7.49. The zero-order valence-electron chi connectivity index (χ0n) is 13.6. The third-order valence-electron chi connectivity index (χ3n) is 3.50. The van der Waals surface area contributed by atoms with Crippen LogP contribution in [-0.2, 0) is 9.53 Å². The number of carbonyl (C=O) groups is 2. The molecule has 1 aliphatic heterocycles. The molecule has 1 aromatic carbocycles. The highest BCUT2D eigenvalue weighted by Gasteiger charge is 2.37. The fourth-order valence-electron chi connectivity index (χ4n) is 2.61. The second kappa shape index (κ2) is 6.38.